The molecule has 0 bridgehead atoms. The summed E-state index contributed by atoms with van der Waals surface area (Å²) in [6, 6.07) is 4.10. The van der Waals surface area contributed by atoms with E-state index in [0.717, 1.165) is 0 Å². The van der Waals surface area contributed by atoms with Gasteiger partial charge < -0.3 is 15.7 Å². The highest BCUT2D eigenvalue weighted by Gasteiger charge is 2.35. The molecule has 0 spiro atoms. The number of nitrogens with zero attached hydrogens (tertiary/aromatic N) is 1. The van der Waals surface area contributed by atoms with Gasteiger partial charge in [0.05, 0.1) is 5.88 Å². The molecule has 0 saturated carbocycles. The zero-order chi connectivity index (χ0) is 13.3. The minimum atomic E-state index is -0.974. The first-order valence-corrected chi connectivity index (χ1v) is 7.12. The Morgan fingerprint density at radius 1 is 1.50 bits per heavy atom. The number of carboxylic acids is 1. The molecule has 1 amide bonds. The first-order chi connectivity index (χ1) is 8.50. The van der Waals surface area contributed by atoms with Crippen molar-refractivity contribution in [3.8, 4) is 0 Å². The summed E-state index contributed by atoms with van der Waals surface area (Å²) in [7, 11) is 0. The number of hydrogen-bond donors (Lipinski definition) is 2. The first kappa shape index (κ1) is 13.2. The fraction of sp³-hybridized carbons (Fsp3) is 0.273. The number of aliphatic carboxylic acids is 1. The van der Waals surface area contributed by atoms with E-state index < -0.39 is 12.0 Å². The number of nitrogens with two attached hydrogens (primary N) is 1. The van der Waals surface area contributed by atoms with Crippen molar-refractivity contribution in [2.75, 3.05) is 17.4 Å². The van der Waals surface area contributed by atoms with Crippen molar-refractivity contribution in [1.82, 2.24) is 4.90 Å². The molecule has 5 nitrogen and oxygen atoms in total. The standard InChI is InChI=1S/C11H11BrN2O3S/c12-7-2-1-6(3-8(7)13)10(15)14-5-18-4-9(14)11(16)17/h1-3,9H,4-5,13H2,(H,16,17). The third kappa shape index (κ3) is 2.46. The Kier molecular flexibility index (Phi) is 3.82. The van der Waals surface area contributed by atoms with Gasteiger partial charge in [-0.25, -0.2) is 4.79 Å². The van der Waals surface area contributed by atoms with Crippen molar-refractivity contribution < 1.29 is 14.7 Å². The van der Waals surface area contributed by atoms with Crippen molar-refractivity contribution in [3.63, 3.8) is 0 Å². The zero-order valence-corrected chi connectivity index (χ0v) is 11.7. The lowest BCUT2D eigenvalue weighted by molar-refractivity contribution is -0.140. The molecule has 1 aliphatic heterocycles. The van der Waals surface area contributed by atoms with E-state index in [2.05, 4.69) is 15.9 Å². The number of halogens is 1. The lowest BCUT2D eigenvalue weighted by atomic mass is 10.1. The molecular formula is C11H11BrN2O3S. The van der Waals surface area contributed by atoms with E-state index in [1.165, 1.54) is 16.7 Å². The Balaban J connectivity index is 2.25. The molecule has 1 heterocycles. The van der Waals surface area contributed by atoms with E-state index in [4.69, 9.17) is 10.8 Å². The van der Waals surface area contributed by atoms with Crippen LogP contribution < -0.4 is 5.73 Å². The van der Waals surface area contributed by atoms with Crippen LogP contribution in [-0.2, 0) is 4.79 Å². The molecular weight excluding hydrogens is 320 g/mol. The van der Waals surface area contributed by atoms with Gasteiger partial charge in [0.1, 0.15) is 6.04 Å². The van der Waals surface area contributed by atoms with E-state index in [1.807, 2.05) is 0 Å². The van der Waals surface area contributed by atoms with Crippen LogP contribution in [-0.4, -0.2) is 39.6 Å². The van der Waals surface area contributed by atoms with Crippen molar-refractivity contribution in [2.24, 2.45) is 0 Å². The molecule has 2 rings (SSSR count). The van der Waals surface area contributed by atoms with Gasteiger partial charge in [-0.05, 0) is 34.1 Å². The van der Waals surface area contributed by atoms with Crippen LogP contribution in [0.5, 0.6) is 0 Å². The second kappa shape index (κ2) is 5.19. The number of nitrogen functional groups attached to an aromatic ring is 1. The third-order valence-corrected chi connectivity index (χ3v) is 4.41. The smallest absolute Gasteiger partial charge is 0.327 e. The maximum Gasteiger partial charge on any atom is 0.327 e. The number of rotatable bonds is 2. The lowest BCUT2D eigenvalue weighted by Crippen LogP contribution is -2.41. The largest absolute Gasteiger partial charge is 0.480 e. The normalized spacial score (nSPS) is 18.9. The number of thioether (sulfide) groups is 1. The van der Waals surface area contributed by atoms with Crippen molar-refractivity contribution >= 4 is 45.3 Å². The predicted molar refractivity (Wildman–Crippen MR) is 73.5 cm³/mol. The summed E-state index contributed by atoms with van der Waals surface area (Å²) in [4.78, 5) is 24.6. The van der Waals surface area contributed by atoms with Gasteiger partial charge in [-0.15, -0.1) is 11.8 Å². The highest BCUT2D eigenvalue weighted by molar-refractivity contribution is 9.10. The van der Waals surface area contributed by atoms with Crippen LogP contribution in [0.3, 0.4) is 0 Å². The number of carbonyl (C=O) groups excluding carboxylic acids is 1. The Morgan fingerprint density at radius 3 is 2.83 bits per heavy atom. The molecule has 18 heavy (non-hydrogen) atoms. The summed E-state index contributed by atoms with van der Waals surface area (Å²) in [5.41, 5.74) is 6.58. The van der Waals surface area contributed by atoms with Gasteiger partial charge in [-0.1, -0.05) is 0 Å². The number of hydrogen-bond acceptors (Lipinski definition) is 4. The third-order valence-electron chi connectivity index (χ3n) is 2.67. The Labute approximate surface area is 116 Å². The van der Waals surface area contributed by atoms with Gasteiger partial charge in [-0.2, -0.15) is 0 Å². The minimum absolute atomic E-state index is 0.299. The Morgan fingerprint density at radius 2 is 2.22 bits per heavy atom. The molecule has 1 saturated heterocycles. The maximum absolute atomic E-state index is 12.2. The summed E-state index contributed by atoms with van der Waals surface area (Å²) in [6.45, 7) is 0. The van der Waals surface area contributed by atoms with Gasteiger partial charge in [0.25, 0.3) is 5.91 Å². The number of anilines is 1. The number of benzene rings is 1. The maximum atomic E-state index is 12.2. The van der Waals surface area contributed by atoms with Crippen LogP contribution in [0.15, 0.2) is 22.7 Å². The van der Waals surface area contributed by atoms with Crippen LogP contribution in [0.25, 0.3) is 0 Å². The second-order valence-corrected chi connectivity index (χ2v) is 5.72. The van der Waals surface area contributed by atoms with Crippen LogP contribution in [0.2, 0.25) is 0 Å². The number of carboxylic acid groups (broad SMARTS) is 1. The van der Waals surface area contributed by atoms with Crippen LogP contribution in [0.1, 0.15) is 10.4 Å². The molecule has 1 aromatic carbocycles. The summed E-state index contributed by atoms with van der Waals surface area (Å²) >= 11 is 4.68. The molecule has 1 aliphatic rings. The van der Waals surface area contributed by atoms with E-state index in [9.17, 15) is 9.59 Å². The lowest BCUT2D eigenvalue weighted by Gasteiger charge is -2.20. The van der Waals surface area contributed by atoms with Crippen LogP contribution in [0.4, 0.5) is 5.69 Å². The molecule has 1 fully saturated rings. The van der Waals surface area contributed by atoms with Gasteiger partial charge in [0, 0.05) is 21.5 Å². The zero-order valence-electron chi connectivity index (χ0n) is 9.30. The molecule has 3 N–H and O–H groups in total. The Bertz CT molecular complexity index is 509. The van der Waals surface area contributed by atoms with E-state index >= 15 is 0 Å². The molecule has 1 aromatic rings. The van der Waals surface area contributed by atoms with Crippen molar-refractivity contribution in [2.45, 2.75) is 6.04 Å². The van der Waals surface area contributed by atoms with Gasteiger partial charge in [-0.3, -0.25) is 4.79 Å². The molecule has 0 aliphatic carbocycles. The summed E-state index contributed by atoms with van der Waals surface area (Å²) in [6.07, 6.45) is 0. The fourth-order valence-corrected chi connectivity index (χ4v) is 3.08. The topological polar surface area (TPSA) is 83.6 Å². The molecule has 0 aromatic heterocycles. The molecule has 1 unspecified atom stereocenters. The SMILES string of the molecule is Nc1cc(C(=O)N2CSCC2C(=O)O)ccc1Br. The van der Waals surface area contributed by atoms with Gasteiger partial charge in [0.2, 0.25) is 0 Å². The van der Waals surface area contributed by atoms with Crippen molar-refractivity contribution in [1.29, 1.82) is 0 Å². The van der Waals surface area contributed by atoms with E-state index in [0.29, 0.717) is 27.4 Å². The molecule has 96 valence electrons. The van der Waals surface area contributed by atoms with Crippen molar-refractivity contribution in [3.05, 3.63) is 28.2 Å². The van der Waals surface area contributed by atoms with Gasteiger partial charge >= 0.3 is 5.97 Å². The predicted octanol–water partition coefficient (Wildman–Crippen LogP) is 1.63. The fourth-order valence-electron chi connectivity index (χ4n) is 1.69. The summed E-state index contributed by atoms with van der Waals surface area (Å²) in [5.74, 6) is -0.455. The Hall–Kier alpha value is -1.21. The number of carbonyl (C=O) groups is 2. The monoisotopic (exact) mass is 330 g/mol. The summed E-state index contributed by atoms with van der Waals surface area (Å²) < 4.78 is 0.713. The highest BCUT2D eigenvalue weighted by atomic mass is 79.9. The average Bonchev–Trinajstić information content (AvgIpc) is 2.81. The molecule has 0 radical (unpaired) electrons. The summed E-state index contributed by atoms with van der Waals surface area (Å²) in [5, 5.41) is 9.04. The highest BCUT2D eigenvalue weighted by Crippen LogP contribution is 2.26. The molecule has 1 atom stereocenters. The average molecular weight is 331 g/mol. The van der Waals surface area contributed by atoms with E-state index in [1.54, 1.807) is 18.2 Å². The molecule has 7 heteroatoms. The minimum Gasteiger partial charge on any atom is -0.480 e. The first-order valence-electron chi connectivity index (χ1n) is 5.17. The van der Waals surface area contributed by atoms with Crippen LogP contribution in [0, 0.1) is 0 Å². The van der Waals surface area contributed by atoms with E-state index in [-0.39, 0.29) is 5.91 Å². The second-order valence-electron chi connectivity index (χ2n) is 3.87. The van der Waals surface area contributed by atoms with Crippen LogP contribution >= 0.6 is 27.7 Å². The van der Waals surface area contributed by atoms with Gasteiger partial charge in [0.15, 0.2) is 0 Å². The number of amides is 1. The quantitative estimate of drug-likeness (QED) is 0.805.